The van der Waals surface area contributed by atoms with Crippen LogP contribution in [0, 0.1) is 11.7 Å². The van der Waals surface area contributed by atoms with Gasteiger partial charge in [-0.25, -0.2) is 9.18 Å². The second-order valence-corrected chi connectivity index (χ2v) is 17.7. The molecule has 0 saturated carbocycles. The van der Waals surface area contributed by atoms with E-state index in [4.69, 9.17) is 9.47 Å². The quantitative estimate of drug-likeness (QED) is 0.116. The van der Waals surface area contributed by atoms with Crippen molar-refractivity contribution < 1.29 is 37.8 Å². The van der Waals surface area contributed by atoms with Crippen molar-refractivity contribution in [2.75, 3.05) is 62.0 Å². The summed E-state index contributed by atoms with van der Waals surface area (Å²) in [6, 6.07) is 28.8. The Morgan fingerprint density at radius 3 is 1.77 bits per heavy atom. The lowest BCUT2D eigenvalue weighted by molar-refractivity contribution is -0.142. The number of amides is 5. The van der Waals surface area contributed by atoms with Gasteiger partial charge in [0.25, 0.3) is 0 Å². The normalized spacial score (nSPS) is 20.6. The van der Waals surface area contributed by atoms with Gasteiger partial charge in [-0.2, -0.15) is 0 Å². The van der Waals surface area contributed by atoms with Gasteiger partial charge in [0.2, 0.25) is 23.6 Å². The van der Waals surface area contributed by atoms with Gasteiger partial charge in [-0.05, 0) is 123 Å². The van der Waals surface area contributed by atoms with E-state index in [0.717, 1.165) is 61.2 Å². The first kappa shape index (κ1) is 46.2. The van der Waals surface area contributed by atoms with Gasteiger partial charge in [0.05, 0.1) is 13.7 Å². The van der Waals surface area contributed by atoms with Crippen molar-refractivity contribution in [1.29, 1.82) is 0 Å². The fourth-order valence-corrected chi connectivity index (χ4v) is 9.82. The molecule has 3 N–H and O–H groups in total. The molecule has 4 aromatic carbocycles. The standard InChI is InChI=1S/C51H60FN7O7/c1-65-51(64)55-45(38-26-31-66-34-38)49(62)58-29-8-12-43(58)47(60)53-40-20-14-35(15-21-40)32-57(42-24-18-39(52)19-25-42)33-36-16-22-41(23-17-36)54-48(61)44-13-9-30-59(44)50(63)46(37-10-4-2-5-11-37)56-27-6-3-7-28-56/h2,4-5,10-11,14-25,38,43-46H,3,6-9,12-13,26-34H2,1H3,(H,53,60)(H,54,61)(H,55,64)/t38-,43-,44-,45-,46+/m0/s1. The number of anilines is 3. The number of nitrogens with one attached hydrogen (secondary N) is 3. The SMILES string of the molecule is COC(=O)N[C@H](C(=O)N1CCC[C@H]1C(=O)Nc1ccc(CN(Cc2ccc(NC(=O)[C@@H]3CCCN3C(=O)[C@@H](c3ccccc3)N3CCCCC3)cc2)c2ccc(F)cc2)cc1)[C@H]1CCOC1. The maximum absolute atomic E-state index is 14.3. The van der Waals surface area contributed by atoms with Crippen molar-refractivity contribution in [1.82, 2.24) is 20.0 Å². The van der Waals surface area contributed by atoms with E-state index < -0.39 is 30.3 Å². The van der Waals surface area contributed by atoms with Crippen LogP contribution in [0.2, 0.25) is 0 Å². The van der Waals surface area contributed by atoms with Crippen LogP contribution in [0.1, 0.15) is 74.1 Å². The number of hydrogen-bond donors (Lipinski definition) is 3. The van der Waals surface area contributed by atoms with E-state index in [1.165, 1.54) is 19.2 Å². The lowest BCUT2D eigenvalue weighted by atomic mass is 9.97. The number of nitrogens with zero attached hydrogens (tertiary/aromatic N) is 4. The van der Waals surface area contributed by atoms with Crippen molar-refractivity contribution >= 4 is 46.8 Å². The van der Waals surface area contributed by atoms with Crippen LogP contribution in [0.25, 0.3) is 0 Å². The topological polar surface area (TPSA) is 153 Å². The summed E-state index contributed by atoms with van der Waals surface area (Å²) < 4.78 is 24.4. The van der Waals surface area contributed by atoms with Gasteiger partial charge in [0.15, 0.2) is 0 Å². The van der Waals surface area contributed by atoms with Crippen molar-refractivity contribution in [3.63, 3.8) is 0 Å². The summed E-state index contributed by atoms with van der Waals surface area (Å²) in [7, 11) is 1.25. The Balaban J connectivity index is 0.894. The predicted octanol–water partition coefficient (Wildman–Crippen LogP) is 6.88. The molecule has 0 radical (unpaired) electrons. The third-order valence-electron chi connectivity index (χ3n) is 13.3. The summed E-state index contributed by atoms with van der Waals surface area (Å²) in [6.07, 6.45) is 5.69. The molecule has 4 aromatic rings. The molecule has 4 heterocycles. The van der Waals surface area contributed by atoms with Crippen LogP contribution in [0.5, 0.6) is 0 Å². The van der Waals surface area contributed by atoms with E-state index in [2.05, 4.69) is 25.8 Å². The van der Waals surface area contributed by atoms with Crippen molar-refractivity contribution in [3.05, 3.63) is 126 Å². The van der Waals surface area contributed by atoms with E-state index in [0.29, 0.717) is 76.5 Å². The fraction of sp³-hybridized carbons (Fsp3) is 0.431. The van der Waals surface area contributed by atoms with Gasteiger partial charge >= 0.3 is 6.09 Å². The minimum atomic E-state index is -0.857. The van der Waals surface area contributed by atoms with Crippen LogP contribution < -0.4 is 20.9 Å². The lowest BCUT2D eigenvalue weighted by Crippen LogP contribution is -2.55. The fourth-order valence-electron chi connectivity index (χ4n) is 9.82. The molecule has 5 amide bonds. The molecule has 4 saturated heterocycles. The smallest absolute Gasteiger partial charge is 0.407 e. The van der Waals surface area contributed by atoms with E-state index in [1.54, 1.807) is 21.9 Å². The lowest BCUT2D eigenvalue weighted by Gasteiger charge is -2.37. The van der Waals surface area contributed by atoms with E-state index in [-0.39, 0.29) is 35.4 Å². The Bertz CT molecular complexity index is 2290. The molecule has 0 aromatic heterocycles. The molecule has 4 aliphatic heterocycles. The largest absolute Gasteiger partial charge is 0.453 e. The maximum Gasteiger partial charge on any atom is 0.407 e. The number of carbonyl (C=O) groups excluding carboxylic acids is 5. The van der Waals surface area contributed by atoms with Crippen LogP contribution >= 0.6 is 0 Å². The highest BCUT2D eigenvalue weighted by Crippen LogP contribution is 2.31. The van der Waals surface area contributed by atoms with Gasteiger partial charge in [-0.15, -0.1) is 0 Å². The number of hydrogen-bond acceptors (Lipinski definition) is 9. The summed E-state index contributed by atoms with van der Waals surface area (Å²) >= 11 is 0. The van der Waals surface area contributed by atoms with Crippen LogP contribution in [0.4, 0.5) is 26.2 Å². The van der Waals surface area contributed by atoms with Crippen LogP contribution in [-0.4, -0.2) is 109 Å². The average molecular weight is 902 g/mol. The molecule has 4 aliphatic rings. The Labute approximate surface area is 385 Å². The highest BCUT2D eigenvalue weighted by molar-refractivity contribution is 5.99. The number of halogens is 1. The van der Waals surface area contributed by atoms with Gasteiger partial charge in [-0.1, -0.05) is 61.0 Å². The molecule has 348 valence electrons. The van der Waals surface area contributed by atoms with Crippen molar-refractivity contribution in [3.8, 4) is 0 Å². The molecule has 0 aliphatic carbocycles. The molecule has 0 unspecified atom stereocenters. The zero-order valence-corrected chi connectivity index (χ0v) is 37.5. The number of likely N-dealkylation sites (tertiary alicyclic amines) is 3. The third kappa shape index (κ3) is 11.2. The van der Waals surface area contributed by atoms with Crippen LogP contribution in [0.3, 0.4) is 0 Å². The molecular formula is C51H60FN7O7. The number of carbonyl (C=O) groups is 5. The Kier molecular flexibility index (Phi) is 15.3. The zero-order chi connectivity index (χ0) is 46.0. The van der Waals surface area contributed by atoms with Crippen LogP contribution in [-0.2, 0) is 41.7 Å². The molecule has 15 heteroatoms. The summed E-state index contributed by atoms with van der Waals surface area (Å²) in [4.78, 5) is 75.4. The molecule has 0 spiro atoms. The molecule has 0 bridgehead atoms. The number of alkyl carbamates (subject to hydrolysis) is 1. The Hall–Kier alpha value is -6.32. The second kappa shape index (κ2) is 21.8. The van der Waals surface area contributed by atoms with Gasteiger partial charge < -0.3 is 40.1 Å². The number of methoxy groups -OCH3 is 1. The minimum absolute atomic E-state index is 0.0169. The van der Waals surface area contributed by atoms with Gasteiger partial charge in [0.1, 0.15) is 30.0 Å². The first-order valence-electron chi connectivity index (χ1n) is 23.3. The highest BCUT2D eigenvalue weighted by Gasteiger charge is 2.42. The molecule has 66 heavy (non-hydrogen) atoms. The minimum Gasteiger partial charge on any atom is -0.453 e. The monoisotopic (exact) mass is 901 g/mol. The van der Waals surface area contributed by atoms with E-state index in [9.17, 15) is 28.4 Å². The molecular weight excluding hydrogens is 842 g/mol. The van der Waals surface area contributed by atoms with E-state index in [1.807, 2.05) is 78.9 Å². The molecule has 8 rings (SSSR count). The second-order valence-electron chi connectivity index (χ2n) is 17.7. The van der Waals surface area contributed by atoms with Crippen molar-refractivity contribution in [2.24, 2.45) is 5.92 Å². The predicted molar refractivity (Wildman–Crippen MR) is 249 cm³/mol. The zero-order valence-electron chi connectivity index (χ0n) is 37.5. The summed E-state index contributed by atoms with van der Waals surface area (Å²) in [6.45, 7) is 4.43. The molecule has 5 atom stereocenters. The number of rotatable bonds is 15. The van der Waals surface area contributed by atoms with Gasteiger partial charge in [-0.3, -0.25) is 24.1 Å². The van der Waals surface area contributed by atoms with Gasteiger partial charge in [0, 0.05) is 55.8 Å². The maximum atomic E-state index is 14.3. The average Bonchev–Trinajstić information content (AvgIpc) is 4.17. The van der Waals surface area contributed by atoms with Crippen LogP contribution in [0.15, 0.2) is 103 Å². The van der Waals surface area contributed by atoms with Crippen molar-refractivity contribution in [2.45, 2.75) is 88.6 Å². The molecule has 14 nitrogen and oxygen atoms in total. The third-order valence-corrected chi connectivity index (χ3v) is 13.3. The Morgan fingerprint density at radius 2 is 1.24 bits per heavy atom. The molecule has 4 fully saturated rings. The first-order valence-corrected chi connectivity index (χ1v) is 23.3. The van der Waals surface area contributed by atoms with E-state index >= 15 is 0 Å². The first-order chi connectivity index (χ1) is 32.1. The summed E-state index contributed by atoms with van der Waals surface area (Å²) in [5.74, 6) is -1.40. The number of ether oxygens (including phenoxy) is 2. The Morgan fingerprint density at radius 1 is 0.682 bits per heavy atom. The number of piperidine rings is 1. The highest BCUT2D eigenvalue weighted by atomic mass is 19.1. The number of benzene rings is 4. The summed E-state index contributed by atoms with van der Waals surface area (Å²) in [5, 5.41) is 8.73. The summed E-state index contributed by atoms with van der Waals surface area (Å²) in [5.41, 5.74) is 4.89.